The number of allylic oxidation sites excluding steroid dienone is 3. The lowest BCUT2D eigenvalue weighted by atomic mass is 10.5. The molecule has 0 saturated heterocycles. The molecule has 0 rings (SSSR count). The van der Waals surface area contributed by atoms with E-state index in [1.54, 1.807) is 12.2 Å². The van der Waals surface area contributed by atoms with E-state index in [2.05, 4.69) is 26.7 Å². The Bertz CT molecular complexity index is 54.4. The van der Waals surface area contributed by atoms with Gasteiger partial charge >= 0.3 is 0 Å². The van der Waals surface area contributed by atoms with Crippen LogP contribution in [0.1, 0.15) is 54.9 Å². The van der Waals surface area contributed by atoms with Gasteiger partial charge in [0.2, 0.25) is 0 Å². The third-order valence-corrected chi connectivity index (χ3v) is 0.289. The smallest absolute Gasteiger partial charge is 0.0382 e. The van der Waals surface area contributed by atoms with E-state index in [9.17, 15) is 0 Å². The highest BCUT2D eigenvalue weighted by atomic mass is 13.5. The number of hydrogen-bond acceptors (Lipinski definition) is 0. The molecule has 0 aromatic rings. The van der Waals surface area contributed by atoms with Crippen molar-refractivity contribution in [2.45, 2.75) is 54.9 Å². The van der Waals surface area contributed by atoms with Gasteiger partial charge in [-0.3, -0.25) is 0 Å². The van der Waals surface area contributed by atoms with Crippen LogP contribution in [0, 0.1) is 0 Å². The maximum absolute atomic E-state index is 3.48. The first kappa shape index (κ1) is 29.2. The molecule has 0 spiro atoms. The largest absolute Gasteiger partial charge is 0.103 e. The molecule has 0 heteroatoms. The Labute approximate surface area is 93.4 Å². The SMILES string of the molecule is C=CC.C=CC.C=CCC.CC.CC. The second kappa shape index (κ2) is 148. The van der Waals surface area contributed by atoms with Crippen molar-refractivity contribution < 1.29 is 0 Å². The highest BCUT2D eigenvalue weighted by Gasteiger charge is 1.45. The maximum atomic E-state index is 3.48. The predicted molar refractivity (Wildman–Crippen MR) is 74.9 cm³/mol. The van der Waals surface area contributed by atoms with Crippen molar-refractivity contribution >= 4 is 0 Å². The summed E-state index contributed by atoms with van der Waals surface area (Å²) in [7, 11) is 0. The fourth-order valence-corrected chi connectivity index (χ4v) is 0. The Balaban J connectivity index is -0.0000000249. The average Bonchev–Trinajstić information content (AvgIpc) is 2.26. The summed E-state index contributed by atoms with van der Waals surface area (Å²) < 4.78 is 0. The zero-order chi connectivity index (χ0) is 12.8. The third-order valence-electron chi connectivity index (χ3n) is 0.289. The summed E-state index contributed by atoms with van der Waals surface area (Å²) in [6.45, 7) is 24.0. The van der Waals surface area contributed by atoms with Crippen LogP contribution in [0.4, 0.5) is 0 Å². The Kier molecular flexibility index (Phi) is 310. The Morgan fingerprint density at radius 3 is 0.857 bits per heavy atom. The molecular weight excluding hydrogens is 168 g/mol. The zero-order valence-electron chi connectivity index (χ0n) is 11.6. The molecule has 0 atom stereocenters. The van der Waals surface area contributed by atoms with E-state index < -0.39 is 0 Å². The first-order valence-corrected chi connectivity index (χ1v) is 5.49. The molecule has 0 heterocycles. The summed E-state index contributed by atoms with van der Waals surface area (Å²) in [6, 6.07) is 0. The fourth-order valence-electron chi connectivity index (χ4n) is 0. The molecule has 0 fully saturated rings. The first-order valence-electron chi connectivity index (χ1n) is 5.49. The lowest BCUT2D eigenvalue weighted by Crippen LogP contribution is -1.36. The molecule has 0 aromatic carbocycles. The standard InChI is InChI=1S/C4H8.2C3H6.2C2H6/c1-3-4-2;2*1-3-2;2*1-2/h3H,1,4H2,2H3;2*3H,1H2,2H3;2*1-2H3. The summed E-state index contributed by atoms with van der Waals surface area (Å²) in [5, 5.41) is 0. The molecule has 88 valence electrons. The van der Waals surface area contributed by atoms with Gasteiger partial charge in [0.1, 0.15) is 0 Å². The molecule has 0 nitrogen and oxygen atoms in total. The lowest BCUT2D eigenvalue weighted by Gasteiger charge is -1.57. The predicted octanol–water partition coefficient (Wildman–Crippen LogP) is 6.02. The van der Waals surface area contributed by atoms with Crippen molar-refractivity contribution in [3.05, 3.63) is 38.0 Å². The molecule has 0 aromatic heterocycles. The quantitative estimate of drug-likeness (QED) is 0.454. The Hall–Kier alpha value is -0.780. The minimum Gasteiger partial charge on any atom is -0.103 e. The summed E-state index contributed by atoms with van der Waals surface area (Å²) in [4.78, 5) is 0. The number of rotatable bonds is 1. The van der Waals surface area contributed by atoms with Crippen LogP contribution in [0.3, 0.4) is 0 Å². The van der Waals surface area contributed by atoms with E-state index in [-0.39, 0.29) is 0 Å². The summed E-state index contributed by atoms with van der Waals surface area (Å²) >= 11 is 0. The molecule has 0 aliphatic rings. The van der Waals surface area contributed by atoms with Crippen LogP contribution in [0.15, 0.2) is 38.0 Å². The third kappa shape index (κ3) is 24200. The van der Waals surface area contributed by atoms with Crippen molar-refractivity contribution in [3.8, 4) is 0 Å². The minimum absolute atomic E-state index is 1.08. The monoisotopic (exact) mass is 200 g/mol. The normalized spacial score (nSPS) is 4.50. The molecule has 14 heavy (non-hydrogen) atoms. The number of hydrogen-bond donors (Lipinski definition) is 0. The fraction of sp³-hybridized carbons (Fsp3) is 0.571. The maximum Gasteiger partial charge on any atom is -0.0382 e. The van der Waals surface area contributed by atoms with E-state index in [1.165, 1.54) is 0 Å². The summed E-state index contributed by atoms with van der Waals surface area (Å²) in [5.74, 6) is 0. The molecule has 0 bridgehead atoms. The van der Waals surface area contributed by atoms with Gasteiger partial charge in [-0.25, -0.2) is 0 Å². The van der Waals surface area contributed by atoms with Gasteiger partial charge in [0.25, 0.3) is 0 Å². The molecule has 0 saturated carbocycles. The van der Waals surface area contributed by atoms with Crippen molar-refractivity contribution in [2.24, 2.45) is 0 Å². The Morgan fingerprint density at radius 1 is 0.786 bits per heavy atom. The molecule has 0 radical (unpaired) electrons. The highest BCUT2D eigenvalue weighted by Crippen LogP contribution is 1.66. The van der Waals surface area contributed by atoms with E-state index in [1.807, 2.05) is 47.6 Å². The molecule has 0 N–H and O–H groups in total. The van der Waals surface area contributed by atoms with Gasteiger partial charge in [0, 0.05) is 0 Å². The molecule has 0 unspecified atom stereocenters. The zero-order valence-corrected chi connectivity index (χ0v) is 11.6. The average molecular weight is 200 g/mol. The minimum atomic E-state index is 1.08. The topological polar surface area (TPSA) is 0 Å². The van der Waals surface area contributed by atoms with Crippen LogP contribution in [-0.2, 0) is 0 Å². The molecule has 0 aliphatic heterocycles. The second-order valence-electron chi connectivity index (χ2n) is 1.51. The highest BCUT2D eigenvalue weighted by molar-refractivity contribution is 4.60. The van der Waals surface area contributed by atoms with Crippen molar-refractivity contribution in [1.29, 1.82) is 0 Å². The Morgan fingerprint density at radius 2 is 0.857 bits per heavy atom. The van der Waals surface area contributed by atoms with Gasteiger partial charge in [0.05, 0.1) is 0 Å². The van der Waals surface area contributed by atoms with Crippen molar-refractivity contribution in [1.82, 2.24) is 0 Å². The van der Waals surface area contributed by atoms with Crippen LogP contribution in [0.2, 0.25) is 0 Å². The van der Waals surface area contributed by atoms with E-state index in [0.29, 0.717) is 0 Å². The van der Waals surface area contributed by atoms with Gasteiger partial charge in [-0.15, -0.1) is 19.7 Å². The summed E-state index contributed by atoms with van der Waals surface area (Å²) in [5.41, 5.74) is 0. The van der Waals surface area contributed by atoms with Crippen molar-refractivity contribution in [2.75, 3.05) is 0 Å². The molecular formula is C14H32. The van der Waals surface area contributed by atoms with E-state index in [4.69, 9.17) is 0 Å². The summed E-state index contributed by atoms with van der Waals surface area (Å²) in [6.07, 6.45) is 6.46. The van der Waals surface area contributed by atoms with Crippen LogP contribution in [0.5, 0.6) is 0 Å². The van der Waals surface area contributed by atoms with Gasteiger partial charge in [-0.05, 0) is 20.3 Å². The molecule has 0 amide bonds. The first-order chi connectivity index (χ1) is 6.74. The van der Waals surface area contributed by atoms with Gasteiger partial charge in [0.15, 0.2) is 0 Å². The lowest BCUT2D eigenvalue weighted by molar-refractivity contribution is 1.23. The second-order valence-corrected chi connectivity index (χ2v) is 1.51. The van der Waals surface area contributed by atoms with Gasteiger partial charge in [-0.1, -0.05) is 52.8 Å². The van der Waals surface area contributed by atoms with E-state index >= 15 is 0 Å². The van der Waals surface area contributed by atoms with Crippen LogP contribution in [-0.4, -0.2) is 0 Å². The van der Waals surface area contributed by atoms with Crippen LogP contribution >= 0.6 is 0 Å². The molecule has 0 aliphatic carbocycles. The van der Waals surface area contributed by atoms with Gasteiger partial charge < -0.3 is 0 Å². The van der Waals surface area contributed by atoms with Crippen LogP contribution in [0.25, 0.3) is 0 Å². The van der Waals surface area contributed by atoms with Crippen molar-refractivity contribution in [3.63, 3.8) is 0 Å². The van der Waals surface area contributed by atoms with E-state index in [0.717, 1.165) is 6.42 Å². The van der Waals surface area contributed by atoms with Gasteiger partial charge in [-0.2, -0.15) is 0 Å². The van der Waals surface area contributed by atoms with Crippen LogP contribution < -0.4 is 0 Å².